The highest BCUT2D eigenvalue weighted by atomic mass is 32.2. The highest BCUT2D eigenvalue weighted by molar-refractivity contribution is 7.92. The molecule has 0 aromatic rings. The molecule has 1 aliphatic heterocycles. The third-order valence-electron chi connectivity index (χ3n) is 2.01. The van der Waals surface area contributed by atoms with E-state index >= 15 is 0 Å². The molecule has 1 atom stereocenters. The highest BCUT2D eigenvalue weighted by Gasteiger charge is 2.30. The number of hydrogen-bond donors (Lipinski definition) is 0. The second-order valence-electron chi connectivity index (χ2n) is 2.83. The van der Waals surface area contributed by atoms with Crippen molar-refractivity contribution in [2.24, 2.45) is 0 Å². The van der Waals surface area contributed by atoms with Gasteiger partial charge in [0.15, 0.2) is 9.84 Å². The summed E-state index contributed by atoms with van der Waals surface area (Å²) in [5.41, 5.74) is 0. The Morgan fingerprint density at radius 3 is 2.73 bits per heavy atom. The summed E-state index contributed by atoms with van der Waals surface area (Å²) in [4.78, 5) is 3.13. The van der Waals surface area contributed by atoms with Crippen LogP contribution >= 0.6 is 0 Å². The van der Waals surface area contributed by atoms with Crippen LogP contribution in [0.25, 0.3) is 4.85 Å². The molecule has 0 amide bonds. The first kappa shape index (κ1) is 8.54. The van der Waals surface area contributed by atoms with Gasteiger partial charge < -0.3 is 4.85 Å². The smallest absolute Gasteiger partial charge is 0.231 e. The van der Waals surface area contributed by atoms with E-state index in [1.807, 2.05) is 0 Å². The predicted octanol–water partition coefficient (Wildman–Crippen LogP) is 0.873. The Morgan fingerprint density at radius 1 is 1.45 bits per heavy atom. The van der Waals surface area contributed by atoms with Gasteiger partial charge in [-0.15, -0.1) is 0 Å². The van der Waals surface area contributed by atoms with Gasteiger partial charge in [-0.1, -0.05) is 6.42 Å². The average Bonchev–Trinajstić information content (AvgIpc) is 1.94. The van der Waals surface area contributed by atoms with Crippen LogP contribution in [0.3, 0.4) is 0 Å². The van der Waals surface area contributed by atoms with Crippen molar-refractivity contribution in [2.75, 3.05) is 12.3 Å². The molecule has 1 rings (SSSR count). The van der Waals surface area contributed by atoms with Gasteiger partial charge in [-0.05, 0) is 12.8 Å². The van der Waals surface area contributed by atoms with E-state index in [-0.39, 0.29) is 17.5 Å². The van der Waals surface area contributed by atoms with Crippen LogP contribution < -0.4 is 0 Å². The first-order valence-electron chi connectivity index (χ1n) is 3.71. The Kier molecular flexibility index (Phi) is 2.50. The van der Waals surface area contributed by atoms with Crippen molar-refractivity contribution < 1.29 is 8.42 Å². The van der Waals surface area contributed by atoms with E-state index in [1.165, 1.54) is 0 Å². The molecule has 11 heavy (non-hydrogen) atoms. The molecule has 62 valence electrons. The molecule has 1 heterocycles. The van der Waals surface area contributed by atoms with Crippen molar-refractivity contribution in [1.82, 2.24) is 0 Å². The molecule has 1 fully saturated rings. The molecule has 3 nitrogen and oxygen atoms in total. The molecular weight excluding hydrogens is 162 g/mol. The standard InChI is InChI=1S/C7H11NO2S/c1-8-6-7-4-2-3-5-11(7,9)10/h7H,2-6H2. The van der Waals surface area contributed by atoms with Crippen LogP contribution in [0.2, 0.25) is 0 Å². The number of sulfone groups is 1. The molecule has 1 unspecified atom stereocenters. The molecule has 0 saturated carbocycles. The van der Waals surface area contributed by atoms with Crippen LogP contribution in [-0.2, 0) is 9.84 Å². The fourth-order valence-corrected chi connectivity index (χ4v) is 3.10. The minimum atomic E-state index is -2.90. The van der Waals surface area contributed by atoms with Crippen molar-refractivity contribution in [3.05, 3.63) is 11.4 Å². The quantitative estimate of drug-likeness (QED) is 0.552. The summed E-state index contributed by atoms with van der Waals surface area (Å²) >= 11 is 0. The third kappa shape index (κ3) is 1.93. The Balaban J connectivity index is 2.70. The van der Waals surface area contributed by atoms with E-state index in [1.54, 1.807) is 0 Å². The minimum Gasteiger partial charge on any atom is -0.316 e. The van der Waals surface area contributed by atoms with Crippen molar-refractivity contribution >= 4 is 9.84 Å². The largest absolute Gasteiger partial charge is 0.316 e. The minimum absolute atomic E-state index is 0.155. The lowest BCUT2D eigenvalue weighted by Crippen LogP contribution is -2.30. The van der Waals surface area contributed by atoms with E-state index < -0.39 is 9.84 Å². The number of nitrogens with zero attached hydrogens (tertiary/aromatic N) is 1. The monoisotopic (exact) mass is 173 g/mol. The molecule has 0 bridgehead atoms. The van der Waals surface area contributed by atoms with Gasteiger partial charge in [0.2, 0.25) is 6.54 Å². The summed E-state index contributed by atoms with van der Waals surface area (Å²) in [6.07, 6.45) is 2.42. The Hall–Kier alpha value is -0.560. The van der Waals surface area contributed by atoms with Gasteiger partial charge in [0, 0.05) is 0 Å². The Bertz CT molecular complexity index is 263. The summed E-state index contributed by atoms with van der Waals surface area (Å²) in [6, 6.07) is 0. The lowest BCUT2D eigenvalue weighted by molar-refractivity contribution is 0.547. The topological polar surface area (TPSA) is 38.5 Å². The van der Waals surface area contributed by atoms with Crippen molar-refractivity contribution in [1.29, 1.82) is 0 Å². The van der Waals surface area contributed by atoms with E-state index in [0.29, 0.717) is 6.42 Å². The van der Waals surface area contributed by atoms with Crippen LogP contribution in [0.15, 0.2) is 0 Å². The van der Waals surface area contributed by atoms with Crippen LogP contribution in [0.5, 0.6) is 0 Å². The molecule has 0 radical (unpaired) electrons. The molecule has 1 saturated heterocycles. The maximum absolute atomic E-state index is 11.2. The highest BCUT2D eigenvalue weighted by Crippen LogP contribution is 2.19. The summed E-state index contributed by atoms with van der Waals surface area (Å²) < 4.78 is 22.5. The second-order valence-corrected chi connectivity index (χ2v) is 5.23. The van der Waals surface area contributed by atoms with E-state index in [9.17, 15) is 8.42 Å². The van der Waals surface area contributed by atoms with Gasteiger partial charge in [-0.2, -0.15) is 0 Å². The number of rotatable bonds is 1. The van der Waals surface area contributed by atoms with Gasteiger partial charge in [0.05, 0.1) is 5.75 Å². The fourth-order valence-electron chi connectivity index (χ4n) is 1.33. The van der Waals surface area contributed by atoms with Gasteiger partial charge >= 0.3 is 0 Å². The molecule has 0 aliphatic carbocycles. The van der Waals surface area contributed by atoms with Crippen molar-refractivity contribution in [3.8, 4) is 0 Å². The van der Waals surface area contributed by atoms with Gasteiger partial charge in [0.1, 0.15) is 5.25 Å². The van der Waals surface area contributed by atoms with E-state index in [0.717, 1.165) is 12.8 Å². The zero-order valence-corrected chi connectivity index (χ0v) is 7.10. The summed E-state index contributed by atoms with van der Waals surface area (Å²) in [5.74, 6) is 0.285. The maximum Gasteiger partial charge on any atom is 0.231 e. The third-order valence-corrected chi connectivity index (χ3v) is 4.27. The molecule has 0 aromatic heterocycles. The van der Waals surface area contributed by atoms with Crippen LogP contribution in [0, 0.1) is 6.57 Å². The zero-order chi connectivity index (χ0) is 8.32. The molecule has 0 spiro atoms. The average molecular weight is 173 g/mol. The lowest BCUT2D eigenvalue weighted by atomic mass is 10.2. The molecule has 1 aliphatic rings. The van der Waals surface area contributed by atoms with E-state index in [2.05, 4.69) is 4.85 Å². The zero-order valence-electron chi connectivity index (χ0n) is 6.28. The van der Waals surface area contributed by atoms with Gasteiger partial charge in [0.25, 0.3) is 0 Å². The summed E-state index contributed by atoms with van der Waals surface area (Å²) in [5, 5.41) is -0.367. The fraction of sp³-hybridized carbons (Fsp3) is 0.857. The van der Waals surface area contributed by atoms with Crippen molar-refractivity contribution in [3.63, 3.8) is 0 Å². The molecule has 4 heteroatoms. The molecular formula is C7H11NO2S. The SMILES string of the molecule is [C-]#[N+]CC1CCCCS1(=O)=O. The Labute approximate surface area is 67.2 Å². The lowest BCUT2D eigenvalue weighted by Gasteiger charge is -2.17. The van der Waals surface area contributed by atoms with Crippen LogP contribution in [0.1, 0.15) is 19.3 Å². The van der Waals surface area contributed by atoms with Crippen LogP contribution in [-0.4, -0.2) is 26.0 Å². The summed E-state index contributed by atoms with van der Waals surface area (Å²) in [6.45, 7) is 6.73. The van der Waals surface area contributed by atoms with Gasteiger partial charge in [-0.3, -0.25) is 0 Å². The second kappa shape index (κ2) is 3.22. The van der Waals surface area contributed by atoms with Gasteiger partial charge in [-0.25, -0.2) is 15.0 Å². The first-order chi connectivity index (χ1) is 5.17. The number of hydrogen-bond acceptors (Lipinski definition) is 2. The van der Waals surface area contributed by atoms with Crippen LogP contribution in [0.4, 0.5) is 0 Å². The maximum atomic E-state index is 11.2. The van der Waals surface area contributed by atoms with Crippen molar-refractivity contribution in [2.45, 2.75) is 24.5 Å². The normalized spacial score (nSPS) is 29.2. The predicted molar refractivity (Wildman–Crippen MR) is 42.9 cm³/mol. The molecule has 0 aromatic carbocycles. The molecule has 0 N–H and O–H groups in total. The first-order valence-corrected chi connectivity index (χ1v) is 5.43. The van der Waals surface area contributed by atoms with E-state index in [4.69, 9.17) is 6.57 Å². The Morgan fingerprint density at radius 2 is 2.18 bits per heavy atom. The summed E-state index contributed by atoms with van der Waals surface area (Å²) in [7, 11) is -2.90.